The van der Waals surface area contributed by atoms with Crippen LogP contribution in [0.4, 0.5) is 4.79 Å². The van der Waals surface area contributed by atoms with Crippen molar-refractivity contribution in [2.24, 2.45) is 0 Å². The fraction of sp³-hybridized carbons (Fsp3) is 0.889. The molecule has 7 nitrogen and oxygen atoms in total. The van der Waals surface area contributed by atoms with Gasteiger partial charge in [0.25, 0.3) is 0 Å². The molecule has 0 aliphatic carbocycles. The van der Waals surface area contributed by atoms with Crippen molar-refractivity contribution in [3.05, 3.63) is 0 Å². The molecule has 0 fully saturated rings. The Labute approximate surface area is 103 Å². The van der Waals surface area contributed by atoms with Gasteiger partial charge < -0.3 is 9.29 Å². The number of rotatable bonds is 5. The van der Waals surface area contributed by atoms with E-state index in [9.17, 15) is 17.8 Å². The van der Waals surface area contributed by atoms with Crippen LogP contribution in [0.25, 0.3) is 0 Å². The average molecular weight is 271 g/mol. The molecule has 0 radical (unpaired) electrons. The van der Waals surface area contributed by atoms with Crippen LogP contribution in [0.15, 0.2) is 0 Å². The molecule has 0 heterocycles. The number of methoxy groups -OCH3 is 1. The second-order valence-corrected chi connectivity index (χ2v) is 4.32. The van der Waals surface area contributed by atoms with Gasteiger partial charge in [0, 0.05) is 0 Å². The molecule has 0 rings (SSSR count). The Morgan fingerprint density at radius 3 is 1.71 bits per heavy atom. The quantitative estimate of drug-likeness (QED) is 0.537. The molecular formula is C9H21NO6S. The van der Waals surface area contributed by atoms with Crippen molar-refractivity contribution in [3.8, 4) is 0 Å². The molecule has 0 unspecified atom stereocenters. The van der Waals surface area contributed by atoms with Crippen LogP contribution in [-0.4, -0.2) is 46.4 Å². The molecule has 0 saturated heterocycles. The number of ether oxygens (including phenoxy) is 1. The summed E-state index contributed by atoms with van der Waals surface area (Å²) in [6, 6.07) is 0. The normalized spacial score (nSPS) is 10.7. The van der Waals surface area contributed by atoms with Crippen molar-refractivity contribution in [2.45, 2.75) is 26.7 Å². The van der Waals surface area contributed by atoms with Crippen LogP contribution < -0.4 is 4.90 Å². The SMILES string of the molecule is CCC[NH+](CCC)C(=O)OC.COS(=O)(=O)[O-]. The van der Waals surface area contributed by atoms with Crippen molar-refractivity contribution in [1.82, 2.24) is 0 Å². The lowest BCUT2D eigenvalue weighted by molar-refractivity contribution is -0.823. The maximum atomic E-state index is 11.0. The number of hydrogen-bond donors (Lipinski definition) is 1. The van der Waals surface area contributed by atoms with Crippen molar-refractivity contribution in [1.29, 1.82) is 0 Å². The summed E-state index contributed by atoms with van der Waals surface area (Å²) in [7, 11) is -2.17. The standard InChI is InChI=1S/C8H17NO2.CH4O4S/c1-4-6-9(7-5-2)8(10)11-3;1-5-6(2,3)4/h4-7H2,1-3H3;1H3,(H,2,3,4). The van der Waals surface area contributed by atoms with Crippen LogP contribution in [0.1, 0.15) is 26.7 Å². The second-order valence-electron chi connectivity index (χ2n) is 3.17. The van der Waals surface area contributed by atoms with Crippen LogP contribution in [0.3, 0.4) is 0 Å². The van der Waals surface area contributed by atoms with Gasteiger partial charge in [0.15, 0.2) is 0 Å². The van der Waals surface area contributed by atoms with Gasteiger partial charge in [-0.15, -0.1) is 0 Å². The van der Waals surface area contributed by atoms with Gasteiger partial charge in [-0.2, -0.15) is 4.79 Å². The van der Waals surface area contributed by atoms with E-state index in [0.717, 1.165) is 37.9 Å². The third-order valence-corrected chi connectivity index (χ3v) is 2.19. The Kier molecular flexibility index (Phi) is 11.5. The Morgan fingerprint density at radius 1 is 1.18 bits per heavy atom. The van der Waals surface area contributed by atoms with Gasteiger partial charge in [0.2, 0.25) is 10.4 Å². The highest BCUT2D eigenvalue weighted by molar-refractivity contribution is 7.80. The number of hydrogen-bond acceptors (Lipinski definition) is 6. The highest BCUT2D eigenvalue weighted by Crippen LogP contribution is 1.74. The minimum absolute atomic E-state index is 0.131. The summed E-state index contributed by atoms with van der Waals surface area (Å²) in [4.78, 5) is 12.0. The average Bonchev–Trinajstić information content (AvgIpc) is 2.27. The molecule has 0 aromatic carbocycles. The zero-order valence-electron chi connectivity index (χ0n) is 10.7. The Hall–Kier alpha value is -0.700. The smallest absolute Gasteiger partial charge is 0.514 e. The number of nitrogens with one attached hydrogen (secondary N) is 1. The molecule has 104 valence electrons. The topological polar surface area (TPSA) is 97.2 Å². The molecule has 0 aliphatic rings. The van der Waals surface area contributed by atoms with Crippen molar-refractivity contribution < 1.29 is 31.6 Å². The lowest BCUT2D eigenvalue weighted by atomic mass is 10.4. The summed E-state index contributed by atoms with van der Waals surface area (Å²) in [5.41, 5.74) is 0. The summed E-state index contributed by atoms with van der Waals surface area (Å²) in [5, 5.41) is 0. The van der Waals surface area contributed by atoms with E-state index in [0.29, 0.717) is 0 Å². The van der Waals surface area contributed by atoms with Crippen LogP contribution in [0.5, 0.6) is 0 Å². The van der Waals surface area contributed by atoms with Gasteiger partial charge in [-0.25, -0.2) is 13.3 Å². The first-order valence-corrected chi connectivity index (χ1v) is 6.60. The highest BCUT2D eigenvalue weighted by Gasteiger charge is 2.16. The number of alkyl carbamates (subject to hydrolysis) is 2. The van der Waals surface area contributed by atoms with Crippen LogP contribution >= 0.6 is 0 Å². The van der Waals surface area contributed by atoms with Crippen LogP contribution in [0, 0.1) is 0 Å². The molecule has 0 aliphatic heterocycles. The third kappa shape index (κ3) is 13.2. The molecule has 0 bridgehead atoms. The predicted octanol–water partition coefficient (Wildman–Crippen LogP) is -0.449. The third-order valence-electron chi connectivity index (χ3n) is 1.78. The number of carbonyl (C=O) groups excluding carboxylic acids is 1. The first-order valence-electron chi connectivity index (χ1n) is 5.26. The summed E-state index contributed by atoms with van der Waals surface area (Å²) in [6.45, 7) is 5.89. The van der Waals surface area contributed by atoms with Gasteiger partial charge in [-0.05, 0) is 12.8 Å². The second kappa shape index (κ2) is 10.5. The molecular weight excluding hydrogens is 250 g/mol. The monoisotopic (exact) mass is 271 g/mol. The summed E-state index contributed by atoms with van der Waals surface area (Å²) in [6.07, 6.45) is 1.91. The van der Waals surface area contributed by atoms with Gasteiger partial charge in [0.1, 0.15) is 0 Å². The van der Waals surface area contributed by atoms with Crippen molar-refractivity contribution >= 4 is 16.5 Å². The van der Waals surface area contributed by atoms with E-state index in [1.807, 2.05) is 0 Å². The molecule has 1 amide bonds. The van der Waals surface area contributed by atoms with E-state index in [1.54, 1.807) is 0 Å². The molecule has 0 aromatic heterocycles. The molecule has 0 saturated carbocycles. The minimum atomic E-state index is -4.41. The van der Waals surface area contributed by atoms with Crippen LogP contribution in [0.2, 0.25) is 0 Å². The van der Waals surface area contributed by atoms with Gasteiger partial charge in [0.05, 0.1) is 27.3 Å². The lowest BCUT2D eigenvalue weighted by Crippen LogP contribution is -3.14. The summed E-state index contributed by atoms with van der Waals surface area (Å²) >= 11 is 0. The van der Waals surface area contributed by atoms with Gasteiger partial charge in [-0.1, -0.05) is 13.8 Å². The minimum Gasteiger partial charge on any atom is -0.726 e. The Morgan fingerprint density at radius 2 is 1.53 bits per heavy atom. The molecule has 1 N–H and O–H groups in total. The maximum Gasteiger partial charge on any atom is 0.514 e. The van der Waals surface area contributed by atoms with E-state index < -0.39 is 10.4 Å². The molecule has 0 aromatic rings. The predicted molar refractivity (Wildman–Crippen MR) is 60.4 cm³/mol. The molecule has 0 atom stereocenters. The maximum absolute atomic E-state index is 11.0. The lowest BCUT2D eigenvalue weighted by Gasteiger charge is -2.12. The Bertz CT molecular complexity index is 284. The van der Waals surface area contributed by atoms with Crippen LogP contribution in [-0.2, 0) is 19.3 Å². The van der Waals surface area contributed by atoms with E-state index in [-0.39, 0.29) is 6.09 Å². The van der Waals surface area contributed by atoms with E-state index in [2.05, 4.69) is 22.8 Å². The molecule has 8 heteroatoms. The Balaban J connectivity index is 0. The molecule has 0 spiro atoms. The van der Waals surface area contributed by atoms with Crippen molar-refractivity contribution in [3.63, 3.8) is 0 Å². The van der Waals surface area contributed by atoms with Crippen molar-refractivity contribution in [2.75, 3.05) is 27.3 Å². The zero-order chi connectivity index (χ0) is 13.9. The highest BCUT2D eigenvalue weighted by atomic mass is 32.3. The van der Waals surface area contributed by atoms with E-state index in [1.165, 1.54) is 7.11 Å². The summed E-state index contributed by atoms with van der Waals surface area (Å²) in [5.74, 6) is 0. The number of amides is 1. The fourth-order valence-corrected chi connectivity index (χ4v) is 1.08. The van der Waals surface area contributed by atoms with Gasteiger partial charge in [-0.3, -0.25) is 4.18 Å². The zero-order valence-corrected chi connectivity index (χ0v) is 11.5. The van der Waals surface area contributed by atoms with Gasteiger partial charge >= 0.3 is 6.09 Å². The number of carbonyl (C=O) groups is 1. The first-order chi connectivity index (χ1) is 7.82. The van der Waals surface area contributed by atoms with E-state index in [4.69, 9.17) is 0 Å². The largest absolute Gasteiger partial charge is 0.726 e. The number of quaternary nitrogens is 1. The fourth-order valence-electron chi connectivity index (χ4n) is 1.08. The first kappa shape index (κ1) is 18.7. The summed E-state index contributed by atoms with van der Waals surface area (Å²) < 4.78 is 35.7. The van der Waals surface area contributed by atoms with E-state index >= 15 is 0 Å². The molecule has 17 heavy (non-hydrogen) atoms.